The van der Waals surface area contributed by atoms with Crippen molar-refractivity contribution in [1.29, 1.82) is 0 Å². The highest BCUT2D eigenvalue weighted by molar-refractivity contribution is 6.32. The molecule has 24 heavy (non-hydrogen) atoms. The van der Waals surface area contributed by atoms with Gasteiger partial charge in [0.25, 0.3) is 5.91 Å². The molecule has 1 atom stereocenters. The Morgan fingerprint density at radius 3 is 2.33 bits per heavy atom. The highest BCUT2D eigenvalue weighted by Crippen LogP contribution is 2.24. The molecule has 0 aliphatic carbocycles. The van der Waals surface area contributed by atoms with Gasteiger partial charge in [0.05, 0.1) is 11.1 Å². The van der Waals surface area contributed by atoms with E-state index in [2.05, 4.69) is 5.32 Å². The van der Waals surface area contributed by atoms with Crippen LogP contribution < -0.4 is 14.8 Å². The number of hydrogen-bond donors (Lipinski definition) is 1. The maximum absolute atomic E-state index is 12.1. The van der Waals surface area contributed by atoms with Gasteiger partial charge in [-0.1, -0.05) is 35.9 Å². The van der Waals surface area contributed by atoms with Gasteiger partial charge in [-0.3, -0.25) is 4.79 Å². The number of carbonyl (C=O) groups is 1. The predicted molar refractivity (Wildman–Crippen MR) is 95.6 cm³/mol. The van der Waals surface area contributed by atoms with E-state index in [0.717, 1.165) is 11.3 Å². The van der Waals surface area contributed by atoms with E-state index < -0.39 is 6.10 Å². The molecule has 0 radical (unpaired) electrons. The number of amides is 1. The molecule has 0 saturated carbocycles. The second kappa shape index (κ2) is 8.60. The zero-order valence-corrected chi connectivity index (χ0v) is 14.8. The van der Waals surface area contributed by atoms with E-state index in [0.29, 0.717) is 17.3 Å². The Balaban J connectivity index is 1.85. The summed E-state index contributed by atoms with van der Waals surface area (Å²) in [6, 6.07) is 14.7. The maximum atomic E-state index is 12.1. The van der Waals surface area contributed by atoms with Crippen molar-refractivity contribution in [3.05, 3.63) is 59.1 Å². The van der Waals surface area contributed by atoms with E-state index in [-0.39, 0.29) is 12.0 Å². The van der Waals surface area contributed by atoms with E-state index in [4.69, 9.17) is 21.1 Å². The number of ether oxygens (including phenoxy) is 2. The van der Waals surface area contributed by atoms with Crippen LogP contribution in [0.4, 0.5) is 0 Å². The third kappa shape index (κ3) is 5.46. The largest absolute Gasteiger partial charge is 0.491 e. The van der Waals surface area contributed by atoms with Crippen LogP contribution in [0.5, 0.6) is 11.5 Å². The number of halogens is 1. The van der Waals surface area contributed by atoms with Crippen LogP contribution in [0.15, 0.2) is 48.5 Å². The van der Waals surface area contributed by atoms with Gasteiger partial charge >= 0.3 is 0 Å². The molecule has 0 saturated heterocycles. The molecule has 1 N–H and O–H groups in total. The van der Waals surface area contributed by atoms with Crippen LogP contribution in [0, 0.1) is 0 Å². The Bertz CT molecular complexity index is 671. The van der Waals surface area contributed by atoms with Gasteiger partial charge < -0.3 is 14.8 Å². The van der Waals surface area contributed by atoms with Crippen LogP contribution in [-0.4, -0.2) is 18.1 Å². The van der Waals surface area contributed by atoms with Crippen LogP contribution in [0.25, 0.3) is 0 Å². The first-order valence-electron chi connectivity index (χ1n) is 7.90. The first kappa shape index (κ1) is 18.1. The molecular formula is C19H22ClNO3. The molecule has 0 heterocycles. The van der Waals surface area contributed by atoms with Crippen LogP contribution in [0.1, 0.15) is 26.3 Å². The summed E-state index contributed by atoms with van der Waals surface area (Å²) < 4.78 is 11.2. The Labute approximate surface area is 147 Å². The Hall–Kier alpha value is -2.20. The van der Waals surface area contributed by atoms with Crippen LogP contribution in [0.2, 0.25) is 5.02 Å². The van der Waals surface area contributed by atoms with Gasteiger partial charge in [-0.25, -0.2) is 0 Å². The molecular weight excluding hydrogens is 326 g/mol. The molecule has 0 fully saturated rings. The van der Waals surface area contributed by atoms with Gasteiger partial charge in [-0.15, -0.1) is 0 Å². The second-order valence-electron chi connectivity index (χ2n) is 5.72. The molecule has 128 valence electrons. The number of para-hydroxylation sites is 1. The molecule has 0 aromatic heterocycles. The lowest BCUT2D eigenvalue weighted by Gasteiger charge is -2.16. The summed E-state index contributed by atoms with van der Waals surface area (Å²) in [6.07, 6.45) is -0.494. The van der Waals surface area contributed by atoms with E-state index in [1.165, 1.54) is 0 Å². The van der Waals surface area contributed by atoms with Crippen molar-refractivity contribution in [2.24, 2.45) is 0 Å². The molecule has 2 aromatic carbocycles. The summed E-state index contributed by atoms with van der Waals surface area (Å²) in [5.41, 5.74) is 0.990. The van der Waals surface area contributed by atoms with Crippen molar-refractivity contribution >= 4 is 17.5 Å². The zero-order chi connectivity index (χ0) is 17.5. The second-order valence-corrected chi connectivity index (χ2v) is 6.13. The van der Waals surface area contributed by atoms with E-state index in [1.54, 1.807) is 19.1 Å². The third-order valence-corrected chi connectivity index (χ3v) is 3.58. The van der Waals surface area contributed by atoms with Gasteiger partial charge in [0.2, 0.25) is 0 Å². The van der Waals surface area contributed by atoms with Crippen molar-refractivity contribution in [2.75, 3.05) is 0 Å². The molecule has 2 aromatic rings. The highest BCUT2D eigenvalue weighted by Gasteiger charge is 2.15. The molecule has 0 spiro atoms. The van der Waals surface area contributed by atoms with E-state index >= 15 is 0 Å². The molecule has 1 amide bonds. The minimum absolute atomic E-state index is 0.137. The lowest BCUT2D eigenvalue weighted by molar-refractivity contribution is -0.127. The summed E-state index contributed by atoms with van der Waals surface area (Å²) in [5.74, 6) is 1.12. The number of hydrogen-bond acceptors (Lipinski definition) is 3. The fraction of sp³-hybridized carbons (Fsp3) is 0.316. The Kier molecular flexibility index (Phi) is 6.50. The highest BCUT2D eigenvalue weighted by atomic mass is 35.5. The quantitative estimate of drug-likeness (QED) is 0.816. The SMILES string of the molecule is CC(C)Oc1ccc(CNC(=O)[C@@H](C)Oc2ccccc2Cl)cc1. The first-order valence-corrected chi connectivity index (χ1v) is 8.28. The van der Waals surface area contributed by atoms with Gasteiger partial charge in [0.15, 0.2) is 6.10 Å². The topological polar surface area (TPSA) is 47.6 Å². The summed E-state index contributed by atoms with van der Waals surface area (Å²) in [6.45, 7) is 6.08. The predicted octanol–water partition coefficient (Wildman–Crippen LogP) is 4.21. The molecule has 0 aliphatic heterocycles. The van der Waals surface area contributed by atoms with Crippen LogP contribution >= 0.6 is 11.6 Å². The molecule has 2 rings (SSSR count). The molecule has 5 heteroatoms. The standard InChI is InChI=1S/C19H22ClNO3/c1-13(2)23-16-10-8-15(9-11-16)12-21-19(22)14(3)24-18-7-5-4-6-17(18)20/h4-11,13-14H,12H2,1-3H3,(H,21,22)/t14-/m1/s1. The number of benzene rings is 2. The minimum atomic E-state index is -0.631. The lowest BCUT2D eigenvalue weighted by Crippen LogP contribution is -2.35. The van der Waals surface area contributed by atoms with Crippen molar-refractivity contribution in [2.45, 2.75) is 39.5 Å². The van der Waals surface area contributed by atoms with E-state index in [1.807, 2.05) is 50.2 Å². The van der Waals surface area contributed by atoms with Crippen LogP contribution in [-0.2, 0) is 11.3 Å². The van der Waals surface area contributed by atoms with Crippen molar-refractivity contribution in [3.8, 4) is 11.5 Å². The summed E-state index contributed by atoms with van der Waals surface area (Å²) in [7, 11) is 0. The smallest absolute Gasteiger partial charge is 0.261 e. The van der Waals surface area contributed by atoms with Crippen molar-refractivity contribution in [3.63, 3.8) is 0 Å². The third-order valence-electron chi connectivity index (χ3n) is 3.27. The van der Waals surface area contributed by atoms with Gasteiger partial charge in [-0.2, -0.15) is 0 Å². The van der Waals surface area contributed by atoms with Gasteiger partial charge in [0, 0.05) is 6.54 Å². The Morgan fingerprint density at radius 1 is 1.04 bits per heavy atom. The zero-order valence-electron chi connectivity index (χ0n) is 14.1. The molecule has 0 aliphatic rings. The fourth-order valence-electron chi connectivity index (χ4n) is 2.08. The monoisotopic (exact) mass is 347 g/mol. The minimum Gasteiger partial charge on any atom is -0.491 e. The van der Waals surface area contributed by atoms with Crippen molar-refractivity contribution in [1.82, 2.24) is 5.32 Å². The van der Waals surface area contributed by atoms with E-state index in [9.17, 15) is 4.79 Å². The first-order chi connectivity index (χ1) is 11.5. The average Bonchev–Trinajstić information content (AvgIpc) is 2.55. The van der Waals surface area contributed by atoms with Crippen molar-refractivity contribution < 1.29 is 14.3 Å². The summed E-state index contributed by atoms with van der Waals surface area (Å²) >= 11 is 6.03. The fourth-order valence-corrected chi connectivity index (χ4v) is 2.26. The summed E-state index contributed by atoms with van der Waals surface area (Å²) in [4.78, 5) is 12.1. The number of nitrogens with one attached hydrogen (secondary N) is 1. The van der Waals surface area contributed by atoms with Crippen LogP contribution in [0.3, 0.4) is 0 Å². The normalized spacial score (nSPS) is 11.9. The Morgan fingerprint density at radius 2 is 1.71 bits per heavy atom. The molecule has 0 bridgehead atoms. The maximum Gasteiger partial charge on any atom is 0.261 e. The number of rotatable bonds is 7. The van der Waals surface area contributed by atoms with Gasteiger partial charge in [-0.05, 0) is 50.6 Å². The summed E-state index contributed by atoms with van der Waals surface area (Å²) in [5, 5.41) is 3.33. The number of carbonyl (C=O) groups excluding carboxylic acids is 1. The lowest BCUT2D eigenvalue weighted by atomic mass is 10.2. The molecule has 4 nitrogen and oxygen atoms in total. The van der Waals surface area contributed by atoms with Gasteiger partial charge in [0.1, 0.15) is 11.5 Å². The average molecular weight is 348 g/mol. The molecule has 0 unspecified atom stereocenters.